The summed E-state index contributed by atoms with van der Waals surface area (Å²) >= 11 is 6.17. The van der Waals surface area contributed by atoms with Gasteiger partial charge in [-0.25, -0.2) is 13.2 Å². The summed E-state index contributed by atoms with van der Waals surface area (Å²) in [6.45, 7) is 1.67. The van der Waals surface area contributed by atoms with Gasteiger partial charge in [-0.15, -0.1) is 0 Å². The number of halogens is 4. The second-order valence-corrected chi connectivity index (χ2v) is 6.77. The number of anilines is 2. The standard InChI is InChI=1S/C20H17ClF3N3O3/c1-10-4-16(29-2)12(21)7-15(10)25-20-26-19(28)17(30-3)9-27(20)8-11-5-13(22)18(24)14(23)6-11/h4-7,9H,8H2,1-3H3,(H,25,26,28). The van der Waals surface area contributed by atoms with E-state index in [4.69, 9.17) is 21.1 Å². The molecule has 158 valence electrons. The molecule has 0 unspecified atom stereocenters. The molecule has 0 radical (unpaired) electrons. The lowest BCUT2D eigenvalue weighted by molar-refractivity contribution is 0.402. The zero-order chi connectivity index (χ0) is 22.0. The van der Waals surface area contributed by atoms with E-state index in [1.165, 1.54) is 25.0 Å². The molecule has 1 heterocycles. The first-order chi connectivity index (χ1) is 14.2. The van der Waals surface area contributed by atoms with E-state index in [0.29, 0.717) is 16.5 Å². The Hall–Kier alpha value is -3.20. The van der Waals surface area contributed by atoms with Crippen molar-refractivity contribution in [1.82, 2.24) is 9.55 Å². The fourth-order valence-corrected chi connectivity index (χ4v) is 3.04. The molecule has 6 nitrogen and oxygen atoms in total. The number of methoxy groups -OCH3 is 2. The number of nitrogens with one attached hydrogen (secondary N) is 1. The van der Waals surface area contributed by atoms with Crippen LogP contribution in [0.15, 0.2) is 35.3 Å². The topological polar surface area (TPSA) is 65.4 Å². The van der Waals surface area contributed by atoms with E-state index in [2.05, 4.69) is 10.3 Å². The molecule has 3 rings (SSSR count). The summed E-state index contributed by atoms with van der Waals surface area (Å²) in [4.78, 5) is 16.1. The van der Waals surface area contributed by atoms with Gasteiger partial charge in [-0.3, -0.25) is 4.79 Å². The van der Waals surface area contributed by atoms with Crippen molar-refractivity contribution in [2.24, 2.45) is 0 Å². The van der Waals surface area contributed by atoms with Crippen LogP contribution < -0.4 is 20.3 Å². The zero-order valence-electron chi connectivity index (χ0n) is 16.2. The van der Waals surface area contributed by atoms with Crippen molar-refractivity contribution in [3.63, 3.8) is 0 Å². The maximum Gasteiger partial charge on any atom is 0.316 e. The minimum atomic E-state index is -1.56. The normalized spacial score (nSPS) is 10.8. The van der Waals surface area contributed by atoms with Crippen molar-refractivity contribution in [2.75, 3.05) is 19.5 Å². The lowest BCUT2D eigenvalue weighted by Gasteiger charge is -2.17. The average Bonchev–Trinajstić information content (AvgIpc) is 2.70. The monoisotopic (exact) mass is 439 g/mol. The van der Waals surface area contributed by atoms with Gasteiger partial charge in [-0.1, -0.05) is 11.6 Å². The van der Waals surface area contributed by atoms with Gasteiger partial charge >= 0.3 is 5.56 Å². The van der Waals surface area contributed by atoms with Gasteiger partial charge in [0.2, 0.25) is 11.7 Å². The number of benzene rings is 2. The van der Waals surface area contributed by atoms with Crippen molar-refractivity contribution < 1.29 is 22.6 Å². The van der Waals surface area contributed by atoms with Crippen LogP contribution in [0.3, 0.4) is 0 Å². The first kappa shape index (κ1) is 21.5. The maximum atomic E-state index is 13.6. The van der Waals surface area contributed by atoms with Crippen LogP contribution >= 0.6 is 11.6 Å². The Morgan fingerprint density at radius 3 is 2.30 bits per heavy atom. The van der Waals surface area contributed by atoms with E-state index in [-0.39, 0.29) is 23.8 Å². The van der Waals surface area contributed by atoms with Gasteiger partial charge in [0.05, 0.1) is 32.0 Å². The highest BCUT2D eigenvalue weighted by atomic mass is 35.5. The Kier molecular flexibility index (Phi) is 6.21. The molecule has 0 saturated heterocycles. The van der Waals surface area contributed by atoms with Gasteiger partial charge in [0.15, 0.2) is 17.5 Å². The van der Waals surface area contributed by atoms with Gasteiger partial charge in [0, 0.05) is 5.69 Å². The SMILES string of the molecule is COc1cc(C)c(Nc2nc(=O)c(OC)cn2Cc2cc(F)c(F)c(F)c2)cc1Cl. The second kappa shape index (κ2) is 8.66. The third kappa shape index (κ3) is 4.35. The molecular formula is C20H17ClF3N3O3. The van der Waals surface area contributed by atoms with Crippen molar-refractivity contribution >= 4 is 23.2 Å². The summed E-state index contributed by atoms with van der Waals surface area (Å²) in [6.07, 6.45) is 1.33. The number of aryl methyl sites for hydroxylation is 1. The van der Waals surface area contributed by atoms with Crippen molar-refractivity contribution in [2.45, 2.75) is 13.5 Å². The predicted molar refractivity (Wildman–Crippen MR) is 106 cm³/mol. The molecule has 0 fully saturated rings. The molecule has 0 spiro atoms. The molecule has 0 bridgehead atoms. The fourth-order valence-electron chi connectivity index (χ4n) is 2.80. The number of nitrogens with zero attached hydrogens (tertiary/aromatic N) is 2. The molecular weight excluding hydrogens is 423 g/mol. The van der Waals surface area contributed by atoms with Crippen LogP contribution in [0.5, 0.6) is 11.5 Å². The predicted octanol–water partition coefficient (Wildman–Crippen LogP) is 4.43. The molecule has 0 aliphatic rings. The largest absolute Gasteiger partial charge is 0.495 e. The minimum Gasteiger partial charge on any atom is -0.495 e. The number of aromatic nitrogens is 2. The Morgan fingerprint density at radius 1 is 1.07 bits per heavy atom. The van der Waals surface area contributed by atoms with E-state index in [1.54, 1.807) is 19.1 Å². The first-order valence-corrected chi connectivity index (χ1v) is 9.01. The Labute approximate surface area is 174 Å². The van der Waals surface area contributed by atoms with Gasteiger partial charge in [0.1, 0.15) is 5.75 Å². The van der Waals surface area contributed by atoms with E-state index in [0.717, 1.165) is 17.7 Å². The third-order valence-corrected chi connectivity index (χ3v) is 4.62. The lowest BCUT2D eigenvalue weighted by atomic mass is 10.2. The Bertz CT molecular complexity index is 1150. The molecule has 2 aromatic carbocycles. The van der Waals surface area contributed by atoms with Crippen molar-refractivity contribution in [1.29, 1.82) is 0 Å². The third-order valence-electron chi connectivity index (χ3n) is 4.33. The summed E-state index contributed by atoms with van der Waals surface area (Å²) in [5, 5.41) is 3.31. The van der Waals surface area contributed by atoms with E-state index < -0.39 is 23.0 Å². The summed E-state index contributed by atoms with van der Waals surface area (Å²) < 4.78 is 52.1. The highest BCUT2D eigenvalue weighted by Crippen LogP contribution is 2.32. The lowest BCUT2D eigenvalue weighted by Crippen LogP contribution is -2.19. The van der Waals surface area contributed by atoms with Crippen molar-refractivity contribution in [3.8, 4) is 11.5 Å². The molecule has 3 aromatic rings. The van der Waals surface area contributed by atoms with Gasteiger partial charge in [0.25, 0.3) is 0 Å². The van der Waals surface area contributed by atoms with Crippen LogP contribution in [0.2, 0.25) is 5.02 Å². The van der Waals surface area contributed by atoms with Gasteiger partial charge in [-0.05, 0) is 42.3 Å². The summed E-state index contributed by atoms with van der Waals surface area (Å²) in [7, 11) is 2.78. The van der Waals surface area contributed by atoms with Crippen LogP contribution in [0, 0.1) is 24.4 Å². The van der Waals surface area contributed by atoms with E-state index in [9.17, 15) is 18.0 Å². The molecule has 0 saturated carbocycles. The van der Waals surface area contributed by atoms with Crippen molar-refractivity contribution in [3.05, 3.63) is 74.4 Å². The first-order valence-electron chi connectivity index (χ1n) is 8.63. The molecule has 0 amide bonds. The van der Waals surface area contributed by atoms with Crippen LogP contribution in [0.1, 0.15) is 11.1 Å². The molecule has 30 heavy (non-hydrogen) atoms. The van der Waals surface area contributed by atoms with Crippen LogP contribution in [-0.2, 0) is 6.54 Å². The smallest absolute Gasteiger partial charge is 0.316 e. The number of hydrogen-bond acceptors (Lipinski definition) is 5. The molecule has 0 aliphatic carbocycles. The maximum absolute atomic E-state index is 13.6. The van der Waals surface area contributed by atoms with Crippen LogP contribution in [0.25, 0.3) is 0 Å². The molecule has 0 aliphatic heterocycles. The minimum absolute atomic E-state index is 0.0651. The van der Waals surface area contributed by atoms with Crippen LogP contribution in [0.4, 0.5) is 24.8 Å². The summed E-state index contributed by atoms with van der Waals surface area (Å²) in [5.74, 6) is -3.74. The Morgan fingerprint density at radius 2 is 1.70 bits per heavy atom. The highest BCUT2D eigenvalue weighted by Gasteiger charge is 2.15. The number of hydrogen-bond donors (Lipinski definition) is 1. The molecule has 1 N–H and O–H groups in total. The molecule has 10 heteroatoms. The zero-order valence-corrected chi connectivity index (χ0v) is 17.0. The molecule has 1 aromatic heterocycles. The molecule has 0 atom stereocenters. The van der Waals surface area contributed by atoms with Crippen LogP contribution in [-0.4, -0.2) is 23.8 Å². The number of ether oxygens (including phenoxy) is 2. The summed E-state index contributed by atoms with van der Waals surface area (Å²) in [6, 6.07) is 5.01. The average molecular weight is 440 g/mol. The quantitative estimate of drug-likeness (QED) is 0.575. The second-order valence-electron chi connectivity index (χ2n) is 6.37. The summed E-state index contributed by atoms with van der Waals surface area (Å²) in [5.41, 5.74) is 0.742. The van der Waals surface area contributed by atoms with Gasteiger partial charge in [-0.2, -0.15) is 4.98 Å². The Balaban J connectivity index is 2.06. The van der Waals surface area contributed by atoms with E-state index in [1.807, 2.05) is 0 Å². The number of rotatable bonds is 6. The van der Waals surface area contributed by atoms with E-state index >= 15 is 0 Å². The fraction of sp³-hybridized carbons (Fsp3) is 0.200. The highest BCUT2D eigenvalue weighted by molar-refractivity contribution is 6.32. The van der Waals surface area contributed by atoms with Gasteiger partial charge < -0.3 is 19.4 Å².